The van der Waals surface area contributed by atoms with E-state index in [1.807, 2.05) is 44.2 Å². The second-order valence-corrected chi connectivity index (χ2v) is 10.5. The van der Waals surface area contributed by atoms with Gasteiger partial charge in [-0.2, -0.15) is 4.31 Å². The van der Waals surface area contributed by atoms with Crippen molar-refractivity contribution in [3.05, 3.63) is 53.6 Å². The summed E-state index contributed by atoms with van der Waals surface area (Å²) in [5, 5.41) is 3.06. The Hall–Kier alpha value is -2.58. The molecule has 0 radical (unpaired) electrons. The van der Waals surface area contributed by atoms with Gasteiger partial charge in [0.2, 0.25) is 15.9 Å². The summed E-state index contributed by atoms with van der Waals surface area (Å²) in [5.41, 5.74) is 1.99. The number of nitrogens with zero attached hydrogens (tertiary/aromatic N) is 1. The maximum atomic E-state index is 12.9. The van der Waals surface area contributed by atoms with Crippen molar-refractivity contribution in [1.29, 1.82) is 0 Å². The fourth-order valence-electron chi connectivity index (χ4n) is 4.19. The van der Waals surface area contributed by atoms with E-state index in [0.29, 0.717) is 56.2 Å². The van der Waals surface area contributed by atoms with Crippen molar-refractivity contribution in [2.24, 2.45) is 5.92 Å². The lowest BCUT2D eigenvalue weighted by molar-refractivity contribution is -0.122. The van der Waals surface area contributed by atoms with Crippen molar-refractivity contribution in [3.63, 3.8) is 0 Å². The van der Waals surface area contributed by atoms with Gasteiger partial charge >= 0.3 is 0 Å². The van der Waals surface area contributed by atoms with Crippen LogP contribution in [0.25, 0.3) is 0 Å². The Bertz CT molecular complexity index is 1060. The fourth-order valence-corrected chi connectivity index (χ4v) is 5.66. The highest BCUT2D eigenvalue weighted by molar-refractivity contribution is 7.89. The molecule has 1 N–H and O–H groups in total. The first-order valence-corrected chi connectivity index (χ1v) is 12.5. The van der Waals surface area contributed by atoms with Crippen LogP contribution in [-0.2, 0) is 14.8 Å². The van der Waals surface area contributed by atoms with Gasteiger partial charge in [0.1, 0.15) is 13.2 Å². The monoisotopic (exact) mass is 458 g/mol. The topological polar surface area (TPSA) is 84.9 Å². The van der Waals surface area contributed by atoms with Gasteiger partial charge in [-0.15, -0.1) is 0 Å². The summed E-state index contributed by atoms with van der Waals surface area (Å²) in [7, 11) is -3.48. The number of piperidine rings is 1. The number of hydrogen-bond acceptors (Lipinski definition) is 5. The Morgan fingerprint density at radius 2 is 1.72 bits per heavy atom. The van der Waals surface area contributed by atoms with Crippen molar-refractivity contribution < 1.29 is 22.7 Å². The first kappa shape index (κ1) is 22.6. The molecule has 0 bridgehead atoms. The SMILES string of the molecule is Cc1ccc(S(=O)(=O)N2CCC(CC(=O)NC(C)c3ccc4c(c3)OCCO4)CC2)cc1. The molecule has 2 aromatic rings. The zero-order valence-electron chi connectivity index (χ0n) is 18.5. The average Bonchev–Trinajstić information content (AvgIpc) is 2.79. The number of rotatable bonds is 6. The largest absolute Gasteiger partial charge is 0.486 e. The van der Waals surface area contributed by atoms with Crippen LogP contribution in [0.5, 0.6) is 11.5 Å². The van der Waals surface area contributed by atoms with Crippen LogP contribution in [-0.4, -0.2) is 44.9 Å². The van der Waals surface area contributed by atoms with Crippen LogP contribution in [0.3, 0.4) is 0 Å². The molecule has 2 aliphatic heterocycles. The third-order valence-electron chi connectivity index (χ3n) is 6.15. The lowest BCUT2D eigenvalue weighted by atomic mass is 9.94. The molecule has 7 nitrogen and oxygen atoms in total. The van der Waals surface area contributed by atoms with Crippen LogP contribution in [0.15, 0.2) is 47.4 Å². The minimum absolute atomic E-state index is 0.0211. The summed E-state index contributed by atoms with van der Waals surface area (Å²) < 4.78 is 38.4. The summed E-state index contributed by atoms with van der Waals surface area (Å²) in [6, 6.07) is 12.5. The van der Waals surface area contributed by atoms with Gasteiger partial charge in [0.25, 0.3) is 0 Å². The summed E-state index contributed by atoms with van der Waals surface area (Å²) in [6.45, 7) is 5.82. The summed E-state index contributed by atoms with van der Waals surface area (Å²) in [5.74, 6) is 1.59. The lowest BCUT2D eigenvalue weighted by Crippen LogP contribution is -2.39. The molecule has 1 atom stereocenters. The van der Waals surface area contributed by atoms with Crippen molar-refractivity contribution in [3.8, 4) is 11.5 Å². The molecule has 4 rings (SSSR count). The molecule has 0 saturated carbocycles. The van der Waals surface area contributed by atoms with E-state index in [-0.39, 0.29) is 17.9 Å². The lowest BCUT2D eigenvalue weighted by Gasteiger charge is -2.31. The summed E-state index contributed by atoms with van der Waals surface area (Å²) >= 11 is 0. The third-order valence-corrected chi connectivity index (χ3v) is 8.06. The van der Waals surface area contributed by atoms with E-state index < -0.39 is 10.0 Å². The highest BCUT2D eigenvalue weighted by Crippen LogP contribution is 2.33. The maximum Gasteiger partial charge on any atom is 0.243 e. The second-order valence-electron chi connectivity index (χ2n) is 8.56. The smallest absolute Gasteiger partial charge is 0.243 e. The number of ether oxygens (including phenoxy) is 2. The van der Waals surface area contributed by atoms with E-state index in [9.17, 15) is 13.2 Å². The number of nitrogens with one attached hydrogen (secondary N) is 1. The van der Waals surface area contributed by atoms with Gasteiger partial charge in [0.15, 0.2) is 11.5 Å². The van der Waals surface area contributed by atoms with Crippen LogP contribution >= 0.6 is 0 Å². The zero-order chi connectivity index (χ0) is 22.7. The molecule has 2 aromatic carbocycles. The minimum Gasteiger partial charge on any atom is -0.486 e. The molecule has 8 heteroatoms. The van der Waals surface area contributed by atoms with E-state index in [1.165, 1.54) is 4.31 Å². The van der Waals surface area contributed by atoms with E-state index in [2.05, 4.69) is 5.32 Å². The van der Waals surface area contributed by atoms with E-state index in [0.717, 1.165) is 16.9 Å². The van der Waals surface area contributed by atoms with Gasteiger partial charge in [0, 0.05) is 19.5 Å². The van der Waals surface area contributed by atoms with Gasteiger partial charge in [0.05, 0.1) is 10.9 Å². The Morgan fingerprint density at radius 3 is 2.41 bits per heavy atom. The first-order valence-electron chi connectivity index (χ1n) is 11.1. The Balaban J connectivity index is 1.28. The van der Waals surface area contributed by atoms with Crippen LogP contribution in [0.2, 0.25) is 0 Å². The Morgan fingerprint density at radius 1 is 1.06 bits per heavy atom. The average molecular weight is 459 g/mol. The molecule has 172 valence electrons. The van der Waals surface area contributed by atoms with E-state index in [4.69, 9.17) is 9.47 Å². The van der Waals surface area contributed by atoms with E-state index >= 15 is 0 Å². The standard InChI is InChI=1S/C24H30N2O5S/c1-17-3-6-21(7-4-17)32(28,29)26-11-9-19(10-12-26)15-24(27)25-18(2)20-5-8-22-23(16-20)31-14-13-30-22/h3-8,16,18-19H,9-15H2,1-2H3,(H,25,27). The first-order chi connectivity index (χ1) is 15.3. The molecule has 0 aliphatic carbocycles. The van der Waals surface area contributed by atoms with Crippen LogP contribution in [0.4, 0.5) is 0 Å². The highest BCUT2D eigenvalue weighted by atomic mass is 32.2. The van der Waals surface area contributed by atoms with Gasteiger partial charge < -0.3 is 14.8 Å². The second kappa shape index (κ2) is 9.50. The third kappa shape index (κ3) is 5.07. The molecule has 1 fully saturated rings. The van der Waals surface area contributed by atoms with Crippen molar-refractivity contribution in [2.75, 3.05) is 26.3 Å². The number of carbonyl (C=O) groups is 1. The number of benzene rings is 2. The molecule has 2 aliphatic rings. The normalized spacial score (nSPS) is 18.2. The van der Waals surface area contributed by atoms with Gasteiger partial charge in [-0.25, -0.2) is 8.42 Å². The molecule has 2 heterocycles. The van der Waals surface area contributed by atoms with Crippen molar-refractivity contribution in [1.82, 2.24) is 9.62 Å². The van der Waals surface area contributed by atoms with E-state index in [1.54, 1.807) is 12.1 Å². The van der Waals surface area contributed by atoms with Crippen LogP contribution < -0.4 is 14.8 Å². The summed E-state index contributed by atoms with van der Waals surface area (Å²) in [6.07, 6.45) is 1.75. The van der Waals surface area contributed by atoms with Crippen molar-refractivity contribution in [2.45, 2.75) is 44.0 Å². The maximum absolute atomic E-state index is 12.9. The van der Waals surface area contributed by atoms with Gasteiger partial charge in [-0.1, -0.05) is 23.8 Å². The molecule has 0 aromatic heterocycles. The van der Waals surface area contributed by atoms with Gasteiger partial charge in [-0.05, 0) is 62.4 Å². The Labute approximate surface area is 189 Å². The Kier molecular flexibility index (Phi) is 6.71. The van der Waals surface area contributed by atoms with Crippen LogP contribution in [0.1, 0.15) is 43.4 Å². The zero-order valence-corrected chi connectivity index (χ0v) is 19.4. The molecule has 0 spiro atoms. The molecular formula is C24H30N2O5S. The molecule has 32 heavy (non-hydrogen) atoms. The predicted molar refractivity (Wildman–Crippen MR) is 121 cm³/mol. The number of hydrogen-bond donors (Lipinski definition) is 1. The quantitative estimate of drug-likeness (QED) is 0.717. The highest BCUT2D eigenvalue weighted by Gasteiger charge is 2.30. The number of amides is 1. The number of carbonyl (C=O) groups excluding carboxylic acids is 1. The minimum atomic E-state index is -3.48. The fraction of sp³-hybridized carbons (Fsp3) is 0.458. The summed E-state index contributed by atoms with van der Waals surface area (Å²) in [4.78, 5) is 12.9. The number of sulfonamides is 1. The molecular weight excluding hydrogens is 428 g/mol. The molecule has 1 unspecified atom stereocenters. The van der Waals surface area contributed by atoms with Crippen molar-refractivity contribution >= 4 is 15.9 Å². The molecule has 1 amide bonds. The molecule has 1 saturated heterocycles. The van der Waals surface area contributed by atoms with Crippen LogP contribution in [0, 0.1) is 12.8 Å². The number of fused-ring (bicyclic) bond motifs is 1. The van der Waals surface area contributed by atoms with Gasteiger partial charge in [-0.3, -0.25) is 4.79 Å². The predicted octanol–water partition coefficient (Wildman–Crippen LogP) is 3.43. The number of aryl methyl sites for hydroxylation is 1.